The molecule has 0 bridgehead atoms. The Morgan fingerprint density at radius 2 is 1.91 bits per heavy atom. The topological polar surface area (TPSA) is 97.1 Å². The molecule has 0 aliphatic carbocycles. The molecule has 4 rings (SSSR count). The van der Waals surface area contributed by atoms with E-state index < -0.39 is 11.9 Å². The number of nitrogens with zero attached hydrogens (tertiary/aromatic N) is 1. The molecule has 2 aromatic carbocycles. The molecule has 0 unspecified atom stereocenters. The maximum absolute atomic E-state index is 12.7. The van der Waals surface area contributed by atoms with Gasteiger partial charge in [-0.3, -0.25) is 14.5 Å². The fourth-order valence-electron chi connectivity index (χ4n) is 3.14. The minimum Gasteiger partial charge on any atom is -0.492 e. The van der Waals surface area contributed by atoms with Gasteiger partial charge in [-0.05, 0) is 55.1 Å². The second-order valence-corrected chi connectivity index (χ2v) is 8.60. The van der Waals surface area contributed by atoms with Crippen molar-refractivity contribution in [3.8, 4) is 17.1 Å². The number of hydrogen-bond acceptors (Lipinski definition) is 6. The number of aryl methyl sites for hydroxylation is 1. The van der Waals surface area contributed by atoms with Gasteiger partial charge in [0.2, 0.25) is 0 Å². The summed E-state index contributed by atoms with van der Waals surface area (Å²) >= 11 is 6.86. The van der Waals surface area contributed by atoms with E-state index in [1.807, 2.05) is 31.2 Å². The van der Waals surface area contributed by atoms with E-state index in [1.54, 1.807) is 18.2 Å². The van der Waals surface area contributed by atoms with E-state index in [1.165, 1.54) is 18.2 Å². The summed E-state index contributed by atoms with van der Waals surface area (Å²) in [5.74, 6) is -0.0330. The number of aromatic carboxylic acids is 1. The van der Waals surface area contributed by atoms with Crippen molar-refractivity contribution in [2.75, 3.05) is 13.2 Å². The maximum atomic E-state index is 12.7. The molecule has 0 saturated carbocycles. The van der Waals surface area contributed by atoms with Crippen LogP contribution in [0.5, 0.6) is 5.75 Å². The third-order valence-corrected chi connectivity index (χ3v) is 6.08. The van der Waals surface area contributed by atoms with Crippen molar-refractivity contribution in [2.45, 2.75) is 6.92 Å². The Kier molecular flexibility index (Phi) is 6.57. The van der Waals surface area contributed by atoms with Crippen LogP contribution in [0.4, 0.5) is 4.79 Å². The molecule has 0 atom stereocenters. The van der Waals surface area contributed by atoms with Crippen molar-refractivity contribution in [1.82, 2.24) is 4.90 Å². The number of carbonyl (C=O) groups is 3. The van der Waals surface area contributed by atoms with Gasteiger partial charge in [0.1, 0.15) is 23.9 Å². The summed E-state index contributed by atoms with van der Waals surface area (Å²) in [6.45, 7) is 2.29. The standard InChI is InChI=1S/C24H18ClNO6S/c1-14-2-5-16(6-3-14)31-11-10-26-22(27)21(33-24(26)30)13-17-7-9-20(32-17)15-4-8-18(23(28)29)19(25)12-15/h2-9,12-13H,10-11H2,1H3,(H,28,29)/b21-13-. The number of rotatable bonds is 7. The van der Waals surface area contributed by atoms with Crippen molar-refractivity contribution in [3.05, 3.63) is 81.4 Å². The lowest BCUT2D eigenvalue weighted by Gasteiger charge is -2.13. The molecule has 1 fully saturated rings. The molecular formula is C24H18ClNO6S. The first-order chi connectivity index (χ1) is 15.8. The summed E-state index contributed by atoms with van der Waals surface area (Å²) < 4.78 is 11.4. The third kappa shape index (κ3) is 5.13. The summed E-state index contributed by atoms with van der Waals surface area (Å²) in [4.78, 5) is 37.5. The zero-order valence-electron chi connectivity index (χ0n) is 17.4. The SMILES string of the molecule is Cc1ccc(OCCN2C(=O)S/C(=C\c3ccc(-c4ccc(C(=O)O)c(Cl)c4)o3)C2=O)cc1. The van der Waals surface area contributed by atoms with Crippen LogP contribution in [0.1, 0.15) is 21.7 Å². The van der Waals surface area contributed by atoms with Crippen LogP contribution in [0.2, 0.25) is 5.02 Å². The fourth-order valence-corrected chi connectivity index (χ4v) is 4.25. The quantitative estimate of drug-likeness (QED) is 0.429. The Morgan fingerprint density at radius 3 is 2.61 bits per heavy atom. The van der Waals surface area contributed by atoms with Gasteiger partial charge in [-0.25, -0.2) is 4.79 Å². The summed E-state index contributed by atoms with van der Waals surface area (Å²) in [6, 6.07) is 15.3. The van der Waals surface area contributed by atoms with Gasteiger partial charge in [-0.1, -0.05) is 35.4 Å². The van der Waals surface area contributed by atoms with E-state index in [0.29, 0.717) is 22.8 Å². The molecule has 9 heteroatoms. The number of imide groups is 1. The van der Waals surface area contributed by atoms with Crippen LogP contribution in [0, 0.1) is 6.92 Å². The van der Waals surface area contributed by atoms with Crippen LogP contribution in [0.25, 0.3) is 17.4 Å². The van der Waals surface area contributed by atoms with Gasteiger partial charge in [0.05, 0.1) is 22.0 Å². The Hall–Kier alpha value is -3.49. The Labute approximate surface area is 198 Å². The number of thioether (sulfide) groups is 1. The van der Waals surface area contributed by atoms with Gasteiger partial charge in [-0.2, -0.15) is 0 Å². The number of furan rings is 1. The molecule has 2 heterocycles. The molecule has 7 nitrogen and oxygen atoms in total. The van der Waals surface area contributed by atoms with Gasteiger partial charge in [-0.15, -0.1) is 0 Å². The zero-order valence-corrected chi connectivity index (χ0v) is 19.0. The van der Waals surface area contributed by atoms with Gasteiger partial charge < -0.3 is 14.3 Å². The smallest absolute Gasteiger partial charge is 0.337 e. The van der Waals surface area contributed by atoms with E-state index in [2.05, 4.69) is 0 Å². The number of carboxylic acid groups (broad SMARTS) is 1. The molecule has 33 heavy (non-hydrogen) atoms. The first-order valence-electron chi connectivity index (χ1n) is 9.90. The highest BCUT2D eigenvalue weighted by molar-refractivity contribution is 8.18. The molecule has 1 N–H and O–H groups in total. The van der Waals surface area contributed by atoms with Crippen molar-refractivity contribution in [1.29, 1.82) is 0 Å². The number of benzene rings is 2. The number of amides is 2. The van der Waals surface area contributed by atoms with Crippen molar-refractivity contribution >= 4 is 46.6 Å². The number of carbonyl (C=O) groups excluding carboxylic acids is 2. The van der Waals surface area contributed by atoms with E-state index >= 15 is 0 Å². The van der Waals surface area contributed by atoms with Gasteiger partial charge >= 0.3 is 5.97 Å². The first kappa shape index (κ1) is 22.7. The molecule has 1 aliphatic heterocycles. The van der Waals surface area contributed by atoms with E-state index in [0.717, 1.165) is 22.2 Å². The summed E-state index contributed by atoms with van der Waals surface area (Å²) in [5, 5.41) is 8.81. The van der Waals surface area contributed by atoms with Gasteiger partial charge in [0.15, 0.2) is 0 Å². The first-order valence-corrected chi connectivity index (χ1v) is 11.1. The molecule has 168 valence electrons. The van der Waals surface area contributed by atoms with Crippen molar-refractivity contribution < 1.29 is 28.6 Å². The molecular weight excluding hydrogens is 466 g/mol. The van der Waals surface area contributed by atoms with Crippen LogP contribution in [-0.2, 0) is 4.79 Å². The lowest BCUT2D eigenvalue weighted by Crippen LogP contribution is -2.32. The Balaban J connectivity index is 1.42. The molecule has 1 aromatic heterocycles. The molecule has 0 radical (unpaired) electrons. The normalized spacial score (nSPS) is 14.8. The van der Waals surface area contributed by atoms with Crippen LogP contribution in [0.3, 0.4) is 0 Å². The van der Waals surface area contributed by atoms with Crippen molar-refractivity contribution in [2.24, 2.45) is 0 Å². The monoisotopic (exact) mass is 483 g/mol. The summed E-state index contributed by atoms with van der Waals surface area (Å²) in [6.07, 6.45) is 1.50. The van der Waals surface area contributed by atoms with Crippen molar-refractivity contribution in [3.63, 3.8) is 0 Å². The van der Waals surface area contributed by atoms with Gasteiger partial charge in [0, 0.05) is 11.6 Å². The van der Waals surface area contributed by atoms with E-state index in [-0.39, 0.29) is 33.9 Å². The highest BCUT2D eigenvalue weighted by Crippen LogP contribution is 2.34. The zero-order chi connectivity index (χ0) is 23.5. The van der Waals surface area contributed by atoms with Crippen LogP contribution in [-0.4, -0.2) is 40.3 Å². The Morgan fingerprint density at radius 1 is 1.15 bits per heavy atom. The molecule has 1 aliphatic rings. The lowest BCUT2D eigenvalue weighted by atomic mass is 10.1. The average Bonchev–Trinajstić information content (AvgIpc) is 3.35. The summed E-state index contributed by atoms with van der Waals surface area (Å²) in [7, 11) is 0. The maximum Gasteiger partial charge on any atom is 0.337 e. The molecule has 3 aromatic rings. The van der Waals surface area contributed by atoms with E-state index in [4.69, 9.17) is 25.9 Å². The minimum atomic E-state index is -1.12. The summed E-state index contributed by atoms with van der Waals surface area (Å²) in [5.41, 5.74) is 1.69. The van der Waals surface area contributed by atoms with E-state index in [9.17, 15) is 14.4 Å². The predicted octanol–water partition coefficient (Wildman–Crippen LogP) is 5.72. The number of halogens is 1. The molecule has 1 saturated heterocycles. The predicted molar refractivity (Wildman–Crippen MR) is 125 cm³/mol. The third-order valence-electron chi connectivity index (χ3n) is 4.86. The minimum absolute atomic E-state index is 0.00720. The number of carboxylic acids is 1. The average molecular weight is 484 g/mol. The second kappa shape index (κ2) is 9.56. The molecule has 2 amide bonds. The van der Waals surface area contributed by atoms with Crippen LogP contribution >= 0.6 is 23.4 Å². The largest absolute Gasteiger partial charge is 0.492 e. The lowest BCUT2D eigenvalue weighted by molar-refractivity contribution is -0.123. The van der Waals surface area contributed by atoms with Gasteiger partial charge in [0.25, 0.3) is 11.1 Å². The number of ether oxygens (including phenoxy) is 1. The molecule has 0 spiro atoms. The van der Waals surface area contributed by atoms with Crippen LogP contribution < -0.4 is 4.74 Å². The highest BCUT2D eigenvalue weighted by atomic mass is 35.5. The highest BCUT2D eigenvalue weighted by Gasteiger charge is 2.35. The van der Waals surface area contributed by atoms with Crippen LogP contribution in [0.15, 0.2) is 63.9 Å². The second-order valence-electron chi connectivity index (χ2n) is 7.20. The Bertz CT molecular complexity index is 1260. The fraction of sp³-hybridized carbons (Fsp3) is 0.125. The number of hydrogen-bond donors (Lipinski definition) is 1.